The number of hydrogen-bond donors (Lipinski definition) is 0. The number of nitrogens with zero attached hydrogens (tertiary/aromatic N) is 3. The van der Waals surface area contributed by atoms with Crippen LogP contribution >= 0.6 is 11.3 Å². The number of methoxy groups -OCH3 is 1. The normalized spacial score (nSPS) is 14.6. The molecule has 0 N–H and O–H groups in total. The molecule has 0 aliphatic carbocycles. The Bertz CT molecular complexity index is 1230. The van der Waals surface area contributed by atoms with Crippen LogP contribution in [0.4, 0.5) is 5.69 Å². The minimum Gasteiger partial charge on any atom is -0.495 e. The van der Waals surface area contributed by atoms with Crippen molar-refractivity contribution in [3.8, 4) is 11.5 Å². The summed E-state index contributed by atoms with van der Waals surface area (Å²) in [4.78, 5) is 9.59. The summed E-state index contributed by atoms with van der Waals surface area (Å²) >= 11 is 1.71. The summed E-state index contributed by atoms with van der Waals surface area (Å²) in [5, 5.41) is 1.02. The van der Waals surface area contributed by atoms with Crippen molar-refractivity contribution in [1.29, 1.82) is 0 Å². The van der Waals surface area contributed by atoms with E-state index in [1.165, 1.54) is 10.4 Å². The summed E-state index contributed by atoms with van der Waals surface area (Å²) < 4.78 is 12.7. The summed E-state index contributed by atoms with van der Waals surface area (Å²) in [5.74, 6) is 1.87. The van der Waals surface area contributed by atoms with Crippen LogP contribution in [-0.2, 0) is 0 Å². The van der Waals surface area contributed by atoms with Gasteiger partial charge in [-0.05, 0) is 54.5 Å². The largest absolute Gasteiger partial charge is 0.495 e. The van der Waals surface area contributed by atoms with Crippen LogP contribution in [0.3, 0.4) is 0 Å². The fourth-order valence-corrected chi connectivity index (χ4v) is 5.26. The number of ether oxygens (including phenoxy) is 2. The molecular formula is C29H31N3O2S. The lowest BCUT2D eigenvalue weighted by Gasteiger charge is -2.36. The van der Waals surface area contributed by atoms with Crippen molar-refractivity contribution in [3.63, 3.8) is 0 Å². The number of aromatic nitrogens is 1. The van der Waals surface area contributed by atoms with Crippen molar-refractivity contribution in [2.75, 3.05) is 51.3 Å². The minimum absolute atomic E-state index is 0.730. The van der Waals surface area contributed by atoms with Crippen molar-refractivity contribution in [1.82, 2.24) is 9.88 Å². The molecule has 1 aliphatic heterocycles. The zero-order chi connectivity index (χ0) is 23.9. The molecule has 3 aromatic carbocycles. The van der Waals surface area contributed by atoms with Crippen molar-refractivity contribution in [2.45, 2.75) is 6.42 Å². The Labute approximate surface area is 211 Å². The molecule has 0 radical (unpaired) electrons. The maximum Gasteiger partial charge on any atom is 0.142 e. The quantitative estimate of drug-likeness (QED) is 0.269. The molecule has 0 saturated carbocycles. The van der Waals surface area contributed by atoms with Gasteiger partial charge >= 0.3 is 0 Å². The molecule has 0 spiro atoms. The molecule has 35 heavy (non-hydrogen) atoms. The molecular weight excluding hydrogens is 454 g/mol. The van der Waals surface area contributed by atoms with Crippen molar-refractivity contribution < 1.29 is 9.47 Å². The Hall–Kier alpha value is -3.35. The molecule has 2 heterocycles. The van der Waals surface area contributed by atoms with Crippen LogP contribution in [0.15, 0.2) is 72.8 Å². The molecule has 0 amide bonds. The number of benzene rings is 3. The highest BCUT2D eigenvalue weighted by Gasteiger charge is 2.19. The summed E-state index contributed by atoms with van der Waals surface area (Å²) in [6.07, 6.45) is 5.20. The third kappa shape index (κ3) is 6.02. The zero-order valence-electron chi connectivity index (χ0n) is 20.1. The SMILES string of the molecule is COc1ccccc1N1CCN(CCCOc2ccc(/C=C/c3nc4ccccc4s3)cc2)CC1. The molecule has 0 atom stereocenters. The lowest BCUT2D eigenvalue weighted by molar-refractivity contribution is 0.224. The number of hydrogen-bond acceptors (Lipinski definition) is 6. The van der Waals surface area contributed by atoms with E-state index in [0.29, 0.717) is 0 Å². The van der Waals surface area contributed by atoms with E-state index in [2.05, 4.69) is 69.4 Å². The van der Waals surface area contributed by atoms with Gasteiger partial charge in [0.25, 0.3) is 0 Å². The molecule has 4 aromatic rings. The zero-order valence-corrected chi connectivity index (χ0v) is 20.9. The first-order chi connectivity index (χ1) is 17.3. The Kier molecular flexibility index (Phi) is 7.61. The van der Waals surface area contributed by atoms with E-state index in [0.717, 1.165) is 73.3 Å². The molecule has 5 nitrogen and oxygen atoms in total. The van der Waals surface area contributed by atoms with Gasteiger partial charge in [-0.3, -0.25) is 4.90 Å². The van der Waals surface area contributed by atoms with E-state index in [1.807, 2.05) is 30.3 Å². The van der Waals surface area contributed by atoms with Crippen molar-refractivity contribution >= 4 is 39.4 Å². The third-order valence-electron chi connectivity index (χ3n) is 6.29. The Morgan fingerprint density at radius 1 is 0.886 bits per heavy atom. The fraction of sp³-hybridized carbons (Fsp3) is 0.276. The van der Waals surface area contributed by atoms with Gasteiger partial charge in [-0.15, -0.1) is 11.3 Å². The summed E-state index contributed by atoms with van der Waals surface area (Å²) in [6, 6.07) is 24.8. The molecule has 6 heteroatoms. The average Bonchev–Trinajstić information content (AvgIpc) is 3.34. The van der Waals surface area contributed by atoms with Crippen LogP contribution in [0.1, 0.15) is 17.0 Å². The second-order valence-electron chi connectivity index (χ2n) is 8.62. The van der Waals surface area contributed by atoms with E-state index in [9.17, 15) is 0 Å². The van der Waals surface area contributed by atoms with Gasteiger partial charge in [0.2, 0.25) is 0 Å². The Morgan fingerprint density at radius 2 is 1.66 bits per heavy atom. The second kappa shape index (κ2) is 11.4. The Morgan fingerprint density at radius 3 is 2.46 bits per heavy atom. The van der Waals surface area contributed by atoms with Crippen LogP contribution in [0.5, 0.6) is 11.5 Å². The summed E-state index contributed by atoms with van der Waals surface area (Å²) in [7, 11) is 1.74. The topological polar surface area (TPSA) is 37.8 Å². The smallest absolute Gasteiger partial charge is 0.142 e. The molecule has 1 saturated heterocycles. The van der Waals surface area contributed by atoms with E-state index < -0.39 is 0 Å². The number of fused-ring (bicyclic) bond motifs is 1. The van der Waals surface area contributed by atoms with Gasteiger partial charge in [-0.25, -0.2) is 4.98 Å². The van der Waals surface area contributed by atoms with Gasteiger partial charge in [0.05, 0.1) is 29.6 Å². The molecule has 180 valence electrons. The minimum atomic E-state index is 0.730. The van der Waals surface area contributed by atoms with Crippen molar-refractivity contribution in [2.24, 2.45) is 0 Å². The molecule has 0 unspecified atom stereocenters. The van der Waals surface area contributed by atoms with Gasteiger partial charge in [-0.2, -0.15) is 0 Å². The Balaban J connectivity index is 1.03. The predicted molar refractivity (Wildman–Crippen MR) is 147 cm³/mol. The van der Waals surface area contributed by atoms with Crippen molar-refractivity contribution in [3.05, 3.63) is 83.4 Å². The summed E-state index contributed by atoms with van der Waals surface area (Å²) in [6.45, 7) is 5.96. The maximum atomic E-state index is 5.99. The fourth-order valence-electron chi connectivity index (χ4n) is 4.39. The van der Waals surface area contributed by atoms with Gasteiger partial charge in [0.1, 0.15) is 16.5 Å². The van der Waals surface area contributed by atoms with Crippen LogP contribution in [0.2, 0.25) is 0 Å². The van der Waals surface area contributed by atoms with E-state index in [1.54, 1.807) is 18.4 Å². The van der Waals surface area contributed by atoms with E-state index in [4.69, 9.17) is 9.47 Å². The first-order valence-electron chi connectivity index (χ1n) is 12.2. The van der Waals surface area contributed by atoms with Gasteiger partial charge in [0.15, 0.2) is 0 Å². The van der Waals surface area contributed by atoms with Crippen LogP contribution < -0.4 is 14.4 Å². The molecule has 5 rings (SSSR count). The lowest BCUT2D eigenvalue weighted by Crippen LogP contribution is -2.46. The first-order valence-corrected chi connectivity index (χ1v) is 13.0. The van der Waals surface area contributed by atoms with E-state index >= 15 is 0 Å². The third-order valence-corrected chi connectivity index (χ3v) is 7.30. The highest BCUT2D eigenvalue weighted by atomic mass is 32.1. The first kappa shape index (κ1) is 23.4. The number of rotatable bonds is 9. The number of thiazole rings is 1. The molecule has 1 aliphatic rings. The number of piperazine rings is 1. The predicted octanol–water partition coefficient (Wildman–Crippen LogP) is 6.07. The standard InChI is InChI=1S/C29H31N3O2S/c1-33-27-9-4-3-8-26(27)32-20-18-31(19-21-32)17-6-22-34-24-14-11-23(12-15-24)13-16-29-30-25-7-2-5-10-28(25)35-29/h2-5,7-16H,6,17-22H2,1H3/b16-13+. The number of anilines is 1. The van der Waals surface area contributed by atoms with Gasteiger partial charge in [-0.1, -0.05) is 42.5 Å². The van der Waals surface area contributed by atoms with Gasteiger partial charge in [0, 0.05) is 32.7 Å². The molecule has 1 fully saturated rings. The second-order valence-corrected chi connectivity index (χ2v) is 9.69. The lowest BCUT2D eigenvalue weighted by atomic mass is 10.2. The van der Waals surface area contributed by atoms with Crippen LogP contribution in [0.25, 0.3) is 22.4 Å². The molecule has 1 aromatic heterocycles. The average molecular weight is 486 g/mol. The van der Waals surface area contributed by atoms with Gasteiger partial charge < -0.3 is 14.4 Å². The maximum absolute atomic E-state index is 5.99. The summed E-state index contributed by atoms with van der Waals surface area (Å²) in [5.41, 5.74) is 3.39. The monoisotopic (exact) mass is 485 g/mol. The molecule has 0 bridgehead atoms. The highest BCUT2D eigenvalue weighted by molar-refractivity contribution is 7.19. The van der Waals surface area contributed by atoms with E-state index in [-0.39, 0.29) is 0 Å². The van der Waals surface area contributed by atoms with Crippen LogP contribution in [-0.4, -0.2) is 56.3 Å². The van der Waals surface area contributed by atoms with Crippen LogP contribution in [0, 0.1) is 0 Å². The highest BCUT2D eigenvalue weighted by Crippen LogP contribution is 2.28. The number of para-hydroxylation sites is 3.